The molecule has 0 bridgehead atoms. The summed E-state index contributed by atoms with van der Waals surface area (Å²) in [7, 11) is 0. The number of carbonyl (C=O) groups excluding carboxylic acids is 10. The molecule has 0 N–H and O–H groups in total. The maximum absolute atomic E-state index is 15.4. The molecule has 2 heterocycles. The fourth-order valence-electron chi connectivity index (χ4n) is 9.59. The summed E-state index contributed by atoms with van der Waals surface area (Å²) in [6.07, 6.45) is 0. The third-order valence-corrected chi connectivity index (χ3v) is 11.3. The fraction of sp³-hybridized carbons (Fsp3) is 0.244. The Hall–Kier alpha value is -8.02. The van der Waals surface area contributed by atoms with E-state index < -0.39 is 121 Å². The second kappa shape index (κ2) is 13.0. The molecule has 0 fully saturated rings. The molecule has 9 rings (SSSR count). The van der Waals surface area contributed by atoms with Gasteiger partial charge in [0.05, 0.1) is 27.8 Å². The van der Waals surface area contributed by atoms with Crippen molar-refractivity contribution in [3.63, 3.8) is 0 Å². The Morgan fingerprint density at radius 1 is 0.413 bits per heavy atom. The normalized spacial score (nSPS) is 24.5. The van der Waals surface area contributed by atoms with Gasteiger partial charge in [0, 0.05) is 63.8 Å². The summed E-state index contributed by atoms with van der Waals surface area (Å²) >= 11 is 0. The van der Waals surface area contributed by atoms with E-state index >= 15 is 19.2 Å². The van der Waals surface area contributed by atoms with Gasteiger partial charge in [-0.2, -0.15) is 0 Å². The maximum Gasteiger partial charge on any atom is 0.334 e. The van der Waals surface area contributed by atoms with E-state index in [-0.39, 0.29) is 33.4 Å². The van der Waals surface area contributed by atoms with Crippen molar-refractivity contribution in [3.05, 3.63) is 123 Å². The quantitative estimate of drug-likeness (QED) is 0.110. The first-order valence-electron chi connectivity index (χ1n) is 19.0. The van der Waals surface area contributed by atoms with Crippen LogP contribution in [0, 0.1) is 0 Å². The molecule has 0 saturated carbocycles. The van der Waals surface area contributed by atoms with Crippen LogP contribution in [0.3, 0.4) is 0 Å². The van der Waals surface area contributed by atoms with Crippen LogP contribution in [0.5, 0.6) is 17.2 Å². The van der Waals surface area contributed by atoms with Gasteiger partial charge in [-0.15, -0.1) is 0 Å². The third kappa shape index (κ3) is 4.71. The second-order valence-corrected chi connectivity index (χ2v) is 15.1. The summed E-state index contributed by atoms with van der Waals surface area (Å²) in [5, 5.41) is 0. The van der Waals surface area contributed by atoms with Gasteiger partial charge in [0.1, 0.15) is 11.5 Å². The summed E-state index contributed by atoms with van der Waals surface area (Å²) in [6, 6.07) is 16.0. The van der Waals surface area contributed by atoms with Crippen molar-refractivity contribution >= 4 is 58.9 Å². The van der Waals surface area contributed by atoms with E-state index in [9.17, 15) is 28.8 Å². The molecule has 0 radical (unpaired) electrons. The van der Waals surface area contributed by atoms with Crippen LogP contribution < -0.4 is 14.2 Å². The van der Waals surface area contributed by atoms with Gasteiger partial charge in [-0.05, 0) is 0 Å². The lowest BCUT2D eigenvalue weighted by molar-refractivity contribution is -0.256. The number of fused-ring (bicyclic) bond motifs is 11. The topological polar surface area (TPSA) is 245 Å². The molecule has 0 aromatic heterocycles. The average Bonchev–Trinajstić information content (AvgIpc) is 3.83. The molecule has 0 unspecified atom stereocenters. The molecule has 0 amide bonds. The van der Waals surface area contributed by atoms with Crippen LogP contribution in [0.2, 0.25) is 0 Å². The first kappa shape index (κ1) is 40.4. The zero-order chi connectivity index (χ0) is 45.3. The smallest absolute Gasteiger partial charge is 0.334 e. The molecule has 2 aliphatic heterocycles. The van der Waals surface area contributed by atoms with Crippen molar-refractivity contribution in [1.29, 1.82) is 0 Å². The highest BCUT2D eigenvalue weighted by Crippen LogP contribution is 2.74. The van der Waals surface area contributed by atoms with Crippen molar-refractivity contribution in [2.75, 3.05) is 0 Å². The minimum atomic E-state index is -3.30. The van der Waals surface area contributed by atoms with Crippen LogP contribution in [0.4, 0.5) is 0 Å². The van der Waals surface area contributed by atoms with Crippen molar-refractivity contribution in [1.82, 2.24) is 0 Å². The van der Waals surface area contributed by atoms with Crippen LogP contribution in [-0.4, -0.2) is 58.9 Å². The van der Waals surface area contributed by atoms with Crippen LogP contribution in [0.15, 0.2) is 72.8 Å². The molecule has 318 valence electrons. The highest BCUT2D eigenvalue weighted by molar-refractivity contribution is 6.33. The molecule has 0 saturated heterocycles. The molecule has 4 aromatic rings. The third-order valence-electron chi connectivity index (χ3n) is 11.3. The number of benzene rings is 4. The zero-order valence-corrected chi connectivity index (χ0v) is 33.8. The molecule has 63 heavy (non-hydrogen) atoms. The molecule has 18 nitrogen and oxygen atoms in total. The Kier molecular flexibility index (Phi) is 8.33. The molecule has 4 atom stereocenters. The minimum Gasteiger partial charge on any atom is -0.443 e. The van der Waals surface area contributed by atoms with Crippen LogP contribution in [-0.2, 0) is 80.8 Å². The summed E-state index contributed by atoms with van der Waals surface area (Å²) in [6.45, 7) is 5.31. The van der Waals surface area contributed by atoms with Gasteiger partial charge in [-0.25, -0.2) is 0 Å². The van der Waals surface area contributed by atoms with Crippen LogP contribution in [0.25, 0.3) is 0 Å². The Labute approximate surface area is 354 Å². The lowest BCUT2D eigenvalue weighted by Crippen LogP contribution is -2.55. The van der Waals surface area contributed by atoms with Crippen LogP contribution in [0.1, 0.15) is 111 Å². The van der Waals surface area contributed by atoms with E-state index in [1.165, 1.54) is 72.8 Å². The predicted molar refractivity (Wildman–Crippen MR) is 203 cm³/mol. The van der Waals surface area contributed by atoms with Crippen LogP contribution >= 0.6 is 0 Å². The lowest BCUT2D eigenvalue weighted by atomic mass is 9.75. The Morgan fingerprint density at radius 2 is 0.762 bits per heavy atom. The summed E-state index contributed by atoms with van der Waals surface area (Å²) < 4.78 is 49.0. The standard InChI is InChI=1S/C45H30O18/c1-19(46)56-34-32-35(62-44(60-23(5)50)29-17-11-9-15-27(29)39(54)42(32,44)58-21(3)48)31(41(57-20(2)47)37(52)25-13-7-8-14-26(25)38(41)53)36-33(34)43(59-22(4)49)40(55)28-16-10-12-18-30(28)45(43,63-36)61-24(6)51/h7-18H,1-6H3/t42-,43-,44-,45-/m1/s1. The molecule has 18 heteroatoms. The lowest BCUT2D eigenvalue weighted by Gasteiger charge is -2.37. The molecular formula is C45H30O18. The minimum absolute atomic E-state index is 0.273. The van der Waals surface area contributed by atoms with Gasteiger partial charge in [0.15, 0.2) is 5.75 Å². The van der Waals surface area contributed by atoms with E-state index in [2.05, 4.69) is 0 Å². The van der Waals surface area contributed by atoms with E-state index in [1.807, 2.05) is 0 Å². The van der Waals surface area contributed by atoms with Gasteiger partial charge >= 0.3 is 47.4 Å². The molecular weight excluding hydrogens is 828 g/mol. The first-order chi connectivity index (χ1) is 29.8. The number of hydrogen-bond acceptors (Lipinski definition) is 18. The van der Waals surface area contributed by atoms with Crippen molar-refractivity contribution in [3.8, 4) is 17.2 Å². The molecule has 4 aromatic carbocycles. The molecule has 3 aliphatic carbocycles. The van der Waals surface area contributed by atoms with Crippen molar-refractivity contribution in [2.24, 2.45) is 0 Å². The first-order valence-corrected chi connectivity index (χ1v) is 19.0. The van der Waals surface area contributed by atoms with Crippen molar-refractivity contribution in [2.45, 2.75) is 69.9 Å². The number of hydrogen-bond donors (Lipinski definition) is 0. The van der Waals surface area contributed by atoms with Gasteiger partial charge in [0.2, 0.25) is 23.1 Å². The Morgan fingerprint density at radius 3 is 1.11 bits per heavy atom. The number of Topliss-reactive ketones (excluding diaryl/α,β-unsaturated/α-hetero) is 4. The van der Waals surface area contributed by atoms with E-state index in [1.54, 1.807) is 0 Å². The zero-order valence-electron chi connectivity index (χ0n) is 33.8. The van der Waals surface area contributed by atoms with E-state index in [0.717, 1.165) is 41.5 Å². The number of ether oxygens (including phenoxy) is 8. The largest absolute Gasteiger partial charge is 0.443 e. The summed E-state index contributed by atoms with van der Waals surface area (Å²) in [4.78, 5) is 142. The fourth-order valence-corrected chi connectivity index (χ4v) is 9.59. The van der Waals surface area contributed by atoms with E-state index in [4.69, 9.17) is 37.9 Å². The monoisotopic (exact) mass is 858 g/mol. The summed E-state index contributed by atoms with van der Waals surface area (Å²) in [5.41, 5.74) is -14.2. The average molecular weight is 859 g/mol. The van der Waals surface area contributed by atoms with Gasteiger partial charge in [-0.3, -0.25) is 47.9 Å². The second-order valence-electron chi connectivity index (χ2n) is 15.1. The Bertz CT molecular complexity index is 2770. The predicted octanol–water partition coefficient (Wildman–Crippen LogP) is 3.98. The highest BCUT2D eigenvalue weighted by Gasteiger charge is 2.84. The van der Waals surface area contributed by atoms with Gasteiger partial charge in [0.25, 0.3) is 16.8 Å². The van der Waals surface area contributed by atoms with Crippen molar-refractivity contribution < 1.29 is 85.8 Å². The Balaban J connectivity index is 1.59. The van der Waals surface area contributed by atoms with Gasteiger partial charge < -0.3 is 37.9 Å². The number of ketones is 4. The SMILES string of the molecule is CC(=O)Oc1c2c(c(C3(OC(C)=O)C(=O)c4ccccc4C3=O)c3c1[C@@]1(OC(C)=O)C(=O)c4ccccc4[C@@]1(OC(C)=O)O3)O[C@]1(OC(C)=O)c3ccccc3C(=O)[C@]21OC(C)=O. The number of rotatable bonds is 7. The number of esters is 6. The van der Waals surface area contributed by atoms with E-state index in [0.29, 0.717) is 0 Å². The summed E-state index contributed by atoms with van der Waals surface area (Å²) in [5.74, 6) is -21.1. The molecule has 5 aliphatic rings. The molecule has 0 spiro atoms. The number of carbonyl (C=O) groups is 10. The highest BCUT2D eigenvalue weighted by atomic mass is 16.8. The maximum atomic E-state index is 15.4. The van der Waals surface area contributed by atoms with Gasteiger partial charge in [-0.1, -0.05) is 72.8 Å².